The van der Waals surface area contributed by atoms with Gasteiger partial charge in [0.1, 0.15) is 5.75 Å². The number of anilines is 1. The van der Waals surface area contributed by atoms with E-state index in [1.165, 1.54) is 33.5 Å². The first kappa shape index (κ1) is 23.8. The normalized spacial score (nSPS) is 10.6. The molecule has 3 aromatic rings. The minimum atomic E-state index is -2.94. The minimum absolute atomic E-state index is 0.0417. The standard InChI is InChI=1S/C25H25F2NO5/c1-30-21-12-17(13-22(31-2)24(21)32-3)14-23(29)28-19-9-10-20(33-25(26)27)18(15-19)11-16-7-5-4-6-8-16/h4-10,12-13,15,25H,11,14H2,1-3H3,(H,28,29). The average Bonchev–Trinajstić information content (AvgIpc) is 2.80. The molecule has 0 unspecified atom stereocenters. The number of hydrogen-bond donors (Lipinski definition) is 1. The summed E-state index contributed by atoms with van der Waals surface area (Å²) in [6.45, 7) is -2.94. The van der Waals surface area contributed by atoms with Crippen molar-refractivity contribution in [2.24, 2.45) is 0 Å². The van der Waals surface area contributed by atoms with Crippen molar-refractivity contribution in [1.82, 2.24) is 0 Å². The Hall–Kier alpha value is -3.81. The average molecular weight is 457 g/mol. The third-order valence-electron chi connectivity index (χ3n) is 4.89. The Labute approximate surface area is 191 Å². The zero-order chi connectivity index (χ0) is 23.8. The number of halogens is 2. The number of carbonyl (C=O) groups is 1. The van der Waals surface area contributed by atoms with Crippen LogP contribution in [0, 0.1) is 0 Å². The van der Waals surface area contributed by atoms with Crippen LogP contribution in [0.4, 0.5) is 14.5 Å². The van der Waals surface area contributed by atoms with E-state index in [1.807, 2.05) is 30.3 Å². The summed E-state index contributed by atoms with van der Waals surface area (Å²) in [6, 6.07) is 17.4. The van der Waals surface area contributed by atoms with Gasteiger partial charge in [-0.15, -0.1) is 0 Å². The molecule has 6 nitrogen and oxygen atoms in total. The predicted molar refractivity (Wildman–Crippen MR) is 121 cm³/mol. The zero-order valence-corrected chi connectivity index (χ0v) is 18.6. The van der Waals surface area contributed by atoms with Gasteiger partial charge in [0.05, 0.1) is 27.8 Å². The van der Waals surface area contributed by atoms with E-state index in [1.54, 1.807) is 18.2 Å². The highest BCUT2D eigenvalue weighted by atomic mass is 19.3. The van der Waals surface area contributed by atoms with Crippen LogP contribution in [0.25, 0.3) is 0 Å². The van der Waals surface area contributed by atoms with E-state index >= 15 is 0 Å². The van der Waals surface area contributed by atoms with Gasteiger partial charge in [0.15, 0.2) is 11.5 Å². The van der Waals surface area contributed by atoms with Crippen molar-refractivity contribution in [1.29, 1.82) is 0 Å². The number of amides is 1. The van der Waals surface area contributed by atoms with Crippen LogP contribution in [0.5, 0.6) is 23.0 Å². The van der Waals surface area contributed by atoms with Gasteiger partial charge in [0.25, 0.3) is 0 Å². The molecule has 0 aromatic heterocycles. The Bertz CT molecular complexity index is 1060. The summed E-state index contributed by atoms with van der Waals surface area (Å²) in [7, 11) is 4.50. The van der Waals surface area contributed by atoms with Gasteiger partial charge in [-0.25, -0.2) is 0 Å². The lowest BCUT2D eigenvalue weighted by atomic mass is 10.0. The van der Waals surface area contributed by atoms with E-state index in [0.717, 1.165) is 5.56 Å². The third-order valence-corrected chi connectivity index (χ3v) is 4.89. The van der Waals surface area contributed by atoms with Crippen molar-refractivity contribution in [2.75, 3.05) is 26.6 Å². The Morgan fingerprint density at radius 1 is 0.848 bits per heavy atom. The molecule has 0 bridgehead atoms. The number of hydrogen-bond acceptors (Lipinski definition) is 5. The van der Waals surface area contributed by atoms with Crippen LogP contribution in [0.2, 0.25) is 0 Å². The fraction of sp³-hybridized carbons (Fsp3) is 0.240. The topological polar surface area (TPSA) is 66.0 Å². The lowest BCUT2D eigenvalue weighted by molar-refractivity contribution is -0.115. The smallest absolute Gasteiger partial charge is 0.387 e. The molecule has 1 amide bonds. The summed E-state index contributed by atoms with van der Waals surface area (Å²) in [5.41, 5.74) is 2.59. The van der Waals surface area contributed by atoms with Gasteiger partial charge < -0.3 is 24.3 Å². The summed E-state index contributed by atoms with van der Waals surface area (Å²) in [4.78, 5) is 12.7. The lowest BCUT2D eigenvalue weighted by Gasteiger charge is -2.15. The summed E-state index contributed by atoms with van der Waals surface area (Å²) in [5.74, 6) is 1.09. The Morgan fingerprint density at radius 3 is 2.09 bits per heavy atom. The molecule has 8 heteroatoms. The molecule has 33 heavy (non-hydrogen) atoms. The first-order valence-electron chi connectivity index (χ1n) is 10.1. The monoisotopic (exact) mass is 457 g/mol. The largest absolute Gasteiger partial charge is 0.493 e. The molecule has 0 atom stereocenters. The van der Waals surface area contributed by atoms with Gasteiger partial charge in [-0.3, -0.25) is 4.79 Å². The van der Waals surface area contributed by atoms with Crippen molar-refractivity contribution >= 4 is 11.6 Å². The second-order valence-electron chi connectivity index (χ2n) is 7.12. The molecule has 1 N–H and O–H groups in total. The number of alkyl halides is 2. The second kappa shape index (κ2) is 11.2. The van der Waals surface area contributed by atoms with Crippen molar-refractivity contribution in [3.63, 3.8) is 0 Å². The summed E-state index contributed by atoms with van der Waals surface area (Å²) in [5, 5.41) is 2.81. The quantitative estimate of drug-likeness (QED) is 0.460. The Morgan fingerprint density at radius 2 is 1.52 bits per heavy atom. The third kappa shape index (κ3) is 6.35. The predicted octanol–water partition coefficient (Wildman–Crippen LogP) is 5.09. The summed E-state index contributed by atoms with van der Waals surface area (Å²) in [6.07, 6.45) is 0.416. The van der Waals surface area contributed by atoms with Gasteiger partial charge in [-0.1, -0.05) is 30.3 Å². The fourth-order valence-electron chi connectivity index (χ4n) is 3.45. The number of nitrogens with one attached hydrogen (secondary N) is 1. The van der Waals surface area contributed by atoms with Gasteiger partial charge >= 0.3 is 6.61 Å². The highest BCUT2D eigenvalue weighted by molar-refractivity contribution is 5.92. The molecule has 3 rings (SSSR count). The second-order valence-corrected chi connectivity index (χ2v) is 7.12. The maximum absolute atomic E-state index is 12.8. The van der Waals surface area contributed by atoms with Crippen molar-refractivity contribution in [2.45, 2.75) is 19.5 Å². The number of methoxy groups -OCH3 is 3. The fourth-order valence-corrected chi connectivity index (χ4v) is 3.45. The van der Waals surface area contributed by atoms with Crippen LogP contribution < -0.4 is 24.3 Å². The van der Waals surface area contributed by atoms with Gasteiger partial charge in [0.2, 0.25) is 11.7 Å². The Kier molecular flexibility index (Phi) is 8.07. The summed E-state index contributed by atoms with van der Waals surface area (Å²) >= 11 is 0. The molecule has 0 aliphatic rings. The molecule has 0 heterocycles. The van der Waals surface area contributed by atoms with Crippen LogP contribution in [0.3, 0.4) is 0 Å². The van der Waals surface area contributed by atoms with Crippen LogP contribution in [0.15, 0.2) is 60.7 Å². The summed E-state index contributed by atoms with van der Waals surface area (Å²) < 4.78 is 46.3. The minimum Gasteiger partial charge on any atom is -0.493 e. The van der Waals surface area contributed by atoms with Gasteiger partial charge in [-0.2, -0.15) is 8.78 Å². The number of rotatable bonds is 10. The highest BCUT2D eigenvalue weighted by Gasteiger charge is 2.16. The van der Waals surface area contributed by atoms with E-state index in [2.05, 4.69) is 10.1 Å². The molecule has 0 aliphatic heterocycles. The van der Waals surface area contributed by atoms with E-state index < -0.39 is 6.61 Å². The van der Waals surface area contributed by atoms with Gasteiger partial charge in [0, 0.05) is 17.7 Å². The van der Waals surface area contributed by atoms with Gasteiger partial charge in [-0.05, 0) is 41.5 Å². The molecule has 0 radical (unpaired) electrons. The number of benzene rings is 3. The molecule has 3 aromatic carbocycles. The molecule has 174 valence electrons. The van der Waals surface area contributed by atoms with Crippen LogP contribution in [-0.4, -0.2) is 33.8 Å². The van der Waals surface area contributed by atoms with Crippen molar-refractivity contribution in [3.8, 4) is 23.0 Å². The molecule has 0 saturated carbocycles. The first-order chi connectivity index (χ1) is 15.9. The van der Waals surface area contributed by atoms with Crippen LogP contribution >= 0.6 is 0 Å². The number of ether oxygens (including phenoxy) is 4. The lowest BCUT2D eigenvalue weighted by Crippen LogP contribution is -2.15. The maximum Gasteiger partial charge on any atom is 0.387 e. The van der Waals surface area contributed by atoms with Crippen LogP contribution in [-0.2, 0) is 17.6 Å². The molecular weight excluding hydrogens is 432 g/mol. The Balaban J connectivity index is 1.80. The van der Waals surface area contributed by atoms with Crippen LogP contribution in [0.1, 0.15) is 16.7 Å². The molecule has 0 aliphatic carbocycles. The highest BCUT2D eigenvalue weighted by Crippen LogP contribution is 2.38. The maximum atomic E-state index is 12.8. The van der Waals surface area contributed by atoms with E-state index in [4.69, 9.17) is 14.2 Å². The zero-order valence-electron chi connectivity index (χ0n) is 18.6. The SMILES string of the molecule is COc1cc(CC(=O)Nc2ccc(OC(F)F)c(Cc3ccccc3)c2)cc(OC)c1OC. The van der Waals surface area contributed by atoms with E-state index in [-0.39, 0.29) is 18.1 Å². The molecule has 0 saturated heterocycles. The first-order valence-corrected chi connectivity index (χ1v) is 10.1. The van der Waals surface area contributed by atoms with Crippen molar-refractivity contribution < 1.29 is 32.5 Å². The number of carbonyl (C=O) groups excluding carboxylic acids is 1. The molecule has 0 fully saturated rings. The molecule has 0 spiro atoms. The van der Waals surface area contributed by atoms with E-state index in [0.29, 0.717) is 40.5 Å². The van der Waals surface area contributed by atoms with Crippen molar-refractivity contribution in [3.05, 3.63) is 77.4 Å². The molecular formula is C25H25F2NO5. The van der Waals surface area contributed by atoms with E-state index in [9.17, 15) is 13.6 Å².